The maximum absolute atomic E-state index is 3.55. The number of benzene rings is 1. The molecule has 1 nitrogen and oxygen atoms in total. The normalized spacial score (nSPS) is 27.1. The Balaban J connectivity index is 2.09. The molecule has 0 amide bonds. The quantitative estimate of drug-likeness (QED) is 0.862. The monoisotopic (exact) mass is 327 g/mol. The predicted molar refractivity (Wildman–Crippen MR) is 84.3 cm³/mol. The van der Waals surface area contributed by atoms with Crippen LogP contribution in [0.5, 0.6) is 0 Å². The van der Waals surface area contributed by atoms with Gasteiger partial charge in [-0.05, 0) is 49.6 Å². The van der Waals surface area contributed by atoms with Gasteiger partial charge in [-0.25, -0.2) is 0 Å². The molecule has 2 atom stereocenters. The fourth-order valence-electron chi connectivity index (χ4n) is 2.98. The van der Waals surface area contributed by atoms with Gasteiger partial charge in [-0.2, -0.15) is 0 Å². The Labute approximate surface area is 123 Å². The minimum atomic E-state index is 0.403. The van der Waals surface area contributed by atoms with Gasteiger partial charge in [-0.15, -0.1) is 11.8 Å². The lowest BCUT2D eigenvalue weighted by atomic mass is 9.73. The molecular formula is C15H22BrNS. The second kappa shape index (κ2) is 5.98. The molecule has 1 aliphatic rings. The largest absolute Gasteiger partial charge is 0.315 e. The molecule has 1 aliphatic carbocycles. The van der Waals surface area contributed by atoms with Crippen LogP contribution in [-0.2, 0) is 0 Å². The van der Waals surface area contributed by atoms with Crippen LogP contribution in [-0.4, -0.2) is 18.3 Å². The van der Waals surface area contributed by atoms with Crippen LogP contribution >= 0.6 is 27.7 Å². The summed E-state index contributed by atoms with van der Waals surface area (Å²) < 4.78 is 1.15. The number of hydrogen-bond donors (Lipinski definition) is 1. The molecule has 0 spiro atoms. The molecule has 1 fully saturated rings. The van der Waals surface area contributed by atoms with Gasteiger partial charge in [0.1, 0.15) is 0 Å². The van der Waals surface area contributed by atoms with E-state index in [1.807, 2.05) is 11.8 Å². The maximum Gasteiger partial charge on any atom is 0.0253 e. The molecule has 1 aromatic rings. The highest BCUT2D eigenvalue weighted by Crippen LogP contribution is 2.42. The zero-order valence-electron chi connectivity index (χ0n) is 11.4. The fourth-order valence-corrected chi connectivity index (χ4v) is 4.81. The van der Waals surface area contributed by atoms with Crippen LogP contribution in [0.25, 0.3) is 0 Å². The van der Waals surface area contributed by atoms with E-state index < -0.39 is 0 Å². The third kappa shape index (κ3) is 3.31. The minimum absolute atomic E-state index is 0.403. The average molecular weight is 328 g/mol. The molecule has 0 aromatic heterocycles. The van der Waals surface area contributed by atoms with Crippen LogP contribution in [0.1, 0.15) is 33.1 Å². The highest BCUT2D eigenvalue weighted by atomic mass is 79.9. The summed E-state index contributed by atoms with van der Waals surface area (Å²) in [5.41, 5.74) is 0.403. The molecule has 2 unspecified atom stereocenters. The van der Waals surface area contributed by atoms with Crippen molar-refractivity contribution >= 4 is 27.7 Å². The number of thioether (sulfide) groups is 1. The van der Waals surface area contributed by atoms with Crippen molar-refractivity contribution in [3.05, 3.63) is 28.7 Å². The first-order chi connectivity index (χ1) is 8.53. The van der Waals surface area contributed by atoms with E-state index in [-0.39, 0.29) is 0 Å². The van der Waals surface area contributed by atoms with Crippen molar-refractivity contribution in [1.82, 2.24) is 5.32 Å². The lowest BCUT2D eigenvalue weighted by Gasteiger charge is -2.43. The van der Waals surface area contributed by atoms with Crippen LogP contribution in [0, 0.1) is 5.41 Å². The van der Waals surface area contributed by atoms with Crippen LogP contribution in [0.15, 0.2) is 33.6 Å². The standard InChI is InChI=1S/C15H22BrNS/c1-15(2)10-4-5-13(14(15)17-3)18-12-8-6-11(16)7-9-12/h6-9,13-14,17H,4-5,10H2,1-3H3. The number of rotatable bonds is 3. The Morgan fingerprint density at radius 2 is 1.94 bits per heavy atom. The molecule has 0 bridgehead atoms. The Hall–Kier alpha value is 0.01000. The summed E-state index contributed by atoms with van der Waals surface area (Å²) in [6.45, 7) is 4.78. The van der Waals surface area contributed by atoms with Gasteiger partial charge < -0.3 is 5.32 Å². The smallest absolute Gasteiger partial charge is 0.0253 e. The summed E-state index contributed by atoms with van der Waals surface area (Å²) in [6.07, 6.45) is 3.99. The molecule has 3 heteroatoms. The van der Waals surface area contributed by atoms with Crippen LogP contribution in [0.4, 0.5) is 0 Å². The van der Waals surface area contributed by atoms with E-state index in [4.69, 9.17) is 0 Å². The van der Waals surface area contributed by atoms with E-state index in [1.54, 1.807) is 0 Å². The number of hydrogen-bond acceptors (Lipinski definition) is 2. The second-order valence-electron chi connectivity index (χ2n) is 5.76. The predicted octanol–water partition coefficient (Wildman–Crippen LogP) is 4.71. The van der Waals surface area contributed by atoms with E-state index in [0.717, 1.165) is 4.47 Å². The van der Waals surface area contributed by atoms with Crippen molar-refractivity contribution in [3.8, 4) is 0 Å². The molecule has 1 saturated carbocycles. The number of nitrogens with one attached hydrogen (secondary N) is 1. The van der Waals surface area contributed by atoms with Crippen molar-refractivity contribution in [2.75, 3.05) is 7.05 Å². The minimum Gasteiger partial charge on any atom is -0.315 e. The van der Waals surface area contributed by atoms with Crippen LogP contribution in [0.2, 0.25) is 0 Å². The Bertz CT molecular complexity index is 388. The Morgan fingerprint density at radius 3 is 2.56 bits per heavy atom. The molecule has 0 saturated heterocycles. The highest BCUT2D eigenvalue weighted by Gasteiger charge is 2.38. The fraction of sp³-hybridized carbons (Fsp3) is 0.600. The van der Waals surface area contributed by atoms with Gasteiger partial charge in [0.05, 0.1) is 0 Å². The number of halogens is 1. The summed E-state index contributed by atoms with van der Waals surface area (Å²) in [4.78, 5) is 1.38. The summed E-state index contributed by atoms with van der Waals surface area (Å²) in [6, 6.07) is 9.28. The lowest BCUT2D eigenvalue weighted by molar-refractivity contribution is 0.182. The van der Waals surface area contributed by atoms with E-state index >= 15 is 0 Å². The van der Waals surface area contributed by atoms with Gasteiger partial charge in [0.25, 0.3) is 0 Å². The second-order valence-corrected chi connectivity index (χ2v) is 7.99. The Morgan fingerprint density at radius 1 is 1.28 bits per heavy atom. The SMILES string of the molecule is CNC1C(Sc2ccc(Br)cc2)CCCC1(C)C. The molecule has 2 rings (SSSR count). The first-order valence-corrected chi connectivity index (χ1v) is 8.30. The summed E-state index contributed by atoms with van der Waals surface area (Å²) in [7, 11) is 2.10. The third-order valence-corrected chi connectivity index (χ3v) is 5.82. The van der Waals surface area contributed by atoms with Gasteiger partial charge in [-0.1, -0.05) is 36.2 Å². The molecule has 1 N–H and O–H groups in total. The van der Waals surface area contributed by atoms with E-state index in [1.165, 1.54) is 24.2 Å². The Kier molecular flexibility index (Phi) is 4.79. The molecule has 1 aromatic carbocycles. The van der Waals surface area contributed by atoms with Crippen molar-refractivity contribution in [2.24, 2.45) is 5.41 Å². The van der Waals surface area contributed by atoms with Crippen LogP contribution in [0.3, 0.4) is 0 Å². The average Bonchev–Trinajstić information content (AvgIpc) is 2.31. The van der Waals surface area contributed by atoms with Crippen molar-refractivity contribution < 1.29 is 0 Å². The van der Waals surface area contributed by atoms with Crippen LogP contribution < -0.4 is 5.32 Å². The first-order valence-electron chi connectivity index (χ1n) is 6.62. The van der Waals surface area contributed by atoms with Gasteiger partial charge in [-0.3, -0.25) is 0 Å². The zero-order chi connectivity index (χ0) is 13.2. The van der Waals surface area contributed by atoms with E-state index in [2.05, 4.69) is 66.4 Å². The molecule has 0 radical (unpaired) electrons. The molecule has 0 aliphatic heterocycles. The highest BCUT2D eigenvalue weighted by molar-refractivity contribution is 9.10. The third-order valence-electron chi connectivity index (χ3n) is 3.94. The van der Waals surface area contributed by atoms with Crippen molar-refractivity contribution in [3.63, 3.8) is 0 Å². The van der Waals surface area contributed by atoms with Crippen molar-refractivity contribution in [2.45, 2.75) is 49.3 Å². The first kappa shape index (κ1) is 14.4. The summed E-state index contributed by atoms with van der Waals surface area (Å²) in [5.74, 6) is 0. The van der Waals surface area contributed by atoms with Gasteiger partial charge >= 0.3 is 0 Å². The van der Waals surface area contributed by atoms with E-state index in [0.29, 0.717) is 16.7 Å². The zero-order valence-corrected chi connectivity index (χ0v) is 13.8. The summed E-state index contributed by atoms with van der Waals surface area (Å²) >= 11 is 5.52. The molecule has 0 heterocycles. The maximum atomic E-state index is 3.55. The summed E-state index contributed by atoms with van der Waals surface area (Å²) in [5, 5.41) is 4.23. The molecule has 18 heavy (non-hydrogen) atoms. The van der Waals surface area contributed by atoms with E-state index in [9.17, 15) is 0 Å². The van der Waals surface area contributed by atoms with Crippen molar-refractivity contribution in [1.29, 1.82) is 0 Å². The van der Waals surface area contributed by atoms with Gasteiger partial charge in [0.15, 0.2) is 0 Å². The van der Waals surface area contributed by atoms with Gasteiger partial charge in [0, 0.05) is 20.7 Å². The molecular weight excluding hydrogens is 306 g/mol. The topological polar surface area (TPSA) is 12.0 Å². The molecule has 100 valence electrons. The van der Waals surface area contributed by atoms with Gasteiger partial charge in [0.2, 0.25) is 0 Å². The lowest BCUT2D eigenvalue weighted by Crippen LogP contribution is -2.49.